The molecule has 0 atom stereocenters. The Morgan fingerprint density at radius 1 is 1.33 bits per heavy atom. The molecule has 0 radical (unpaired) electrons. The molecule has 3 rings (SSSR count). The van der Waals surface area contributed by atoms with Crippen LogP contribution < -0.4 is 10.2 Å². The zero-order valence-corrected chi connectivity index (χ0v) is 14.4. The summed E-state index contributed by atoms with van der Waals surface area (Å²) in [5.74, 6) is 0.988. The van der Waals surface area contributed by atoms with Crippen molar-refractivity contribution < 1.29 is 9.90 Å². The Kier molecular flexibility index (Phi) is 4.75. The summed E-state index contributed by atoms with van der Waals surface area (Å²) in [5, 5.41) is 22.5. The number of ketones is 1. The van der Waals surface area contributed by atoms with Crippen LogP contribution in [0.5, 0.6) is 5.75 Å². The lowest BCUT2D eigenvalue weighted by molar-refractivity contribution is 0.100. The molecule has 0 aliphatic carbocycles. The molecule has 0 saturated carbocycles. The summed E-state index contributed by atoms with van der Waals surface area (Å²) in [7, 11) is 0. The van der Waals surface area contributed by atoms with Crippen LogP contribution in [0.25, 0.3) is 0 Å². The van der Waals surface area contributed by atoms with Crippen LogP contribution in [0.15, 0.2) is 29.3 Å². The Morgan fingerprint density at radius 2 is 2.08 bits per heavy atom. The SMILES string of the molecule is CC(C)c1nnc(N(CC(=O)c2ccc(O)cc2)C2=NCCN2)s1. The quantitative estimate of drug-likeness (QED) is 0.806. The largest absolute Gasteiger partial charge is 0.508 e. The molecule has 1 aliphatic rings. The third-order valence-corrected chi connectivity index (χ3v) is 4.80. The predicted molar refractivity (Wildman–Crippen MR) is 94.1 cm³/mol. The van der Waals surface area contributed by atoms with Gasteiger partial charge in [0.2, 0.25) is 11.1 Å². The van der Waals surface area contributed by atoms with Gasteiger partial charge < -0.3 is 10.4 Å². The molecule has 1 aromatic carbocycles. The van der Waals surface area contributed by atoms with Gasteiger partial charge in [-0.25, -0.2) is 0 Å². The van der Waals surface area contributed by atoms with E-state index in [4.69, 9.17) is 0 Å². The minimum absolute atomic E-state index is 0.0762. The summed E-state index contributed by atoms with van der Waals surface area (Å²) < 4.78 is 0. The number of guanidine groups is 1. The lowest BCUT2D eigenvalue weighted by Gasteiger charge is -2.20. The van der Waals surface area contributed by atoms with E-state index in [-0.39, 0.29) is 24.0 Å². The number of hydrogen-bond acceptors (Lipinski definition) is 8. The van der Waals surface area contributed by atoms with Crippen molar-refractivity contribution in [3.8, 4) is 5.75 Å². The van der Waals surface area contributed by atoms with Crippen LogP contribution in [-0.2, 0) is 0 Å². The Balaban J connectivity index is 1.84. The fourth-order valence-electron chi connectivity index (χ4n) is 2.25. The van der Waals surface area contributed by atoms with Gasteiger partial charge in [-0.05, 0) is 24.3 Å². The van der Waals surface area contributed by atoms with Crippen molar-refractivity contribution in [1.29, 1.82) is 0 Å². The van der Waals surface area contributed by atoms with Crippen molar-refractivity contribution >= 4 is 28.2 Å². The van der Waals surface area contributed by atoms with Crippen LogP contribution in [0.1, 0.15) is 35.1 Å². The highest BCUT2D eigenvalue weighted by molar-refractivity contribution is 7.15. The van der Waals surface area contributed by atoms with Crippen LogP contribution in [0.2, 0.25) is 0 Å². The molecule has 1 aliphatic heterocycles. The third-order valence-electron chi connectivity index (χ3n) is 3.56. The summed E-state index contributed by atoms with van der Waals surface area (Å²) >= 11 is 1.47. The summed E-state index contributed by atoms with van der Waals surface area (Å²) in [6.45, 7) is 5.65. The molecule has 2 aromatic rings. The topological polar surface area (TPSA) is 90.7 Å². The Hall–Kier alpha value is -2.48. The summed E-state index contributed by atoms with van der Waals surface area (Å²) in [5.41, 5.74) is 0.532. The van der Waals surface area contributed by atoms with Gasteiger partial charge in [0.1, 0.15) is 10.8 Å². The van der Waals surface area contributed by atoms with E-state index in [9.17, 15) is 9.90 Å². The van der Waals surface area contributed by atoms with E-state index >= 15 is 0 Å². The number of rotatable bonds is 5. The van der Waals surface area contributed by atoms with Crippen LogP contribution in [0.4, 0.5) is 5.13 Å². The van der Waals surface area contributed by atoms with Crippen LogP contribution in [0, 0.1) is 0 Å². The Morgan fingerprint density at radius 3 is 2.67 bits per heavy atom. The second-order valence-electron chi connectivity index (χ2n) is 5.77. The van der Waals surface area contributed by atoms with E-state index < -0.39 is 0 Å². The average molecular weight is 345 g/mol. The van der Waals surface area contributed by atoms with Crippen molar-refractivity contribution in [2.75, 3.05) is 24.5 Å². The van der Waals surface area contributed by atoms with Crippen molar-refractivity contribution in [3.05, 3.63) is 34.8 Å². The van der Waals surface area contributed by atoms with Crippen LogP contribution >= 0.6 is 11.3 Å². The summed E-state index contributed by atoms with van der Waals surface area (Å²) in [6, 6.07) is 6.23. The maximum absolute atomic E-state index is 12.6. The molecule has 7 nitrogen and oxygen atoms in total. The number of Topliss-reactive ketones (excluding diaryl/α,β-unsaturated/α-hetero) is 1. The number of aromatic hydroxyl groups is 1. The highest BCUT2D eigenvalue weighted by Gasteiger charge is 2.24. The van der Waals surface area contributed by atoms with Gasteiger partial charge >= 0.3 is 0 Å². The third kappa shape index (κ3) is 3.53. The number of anilines is 1. The number of benzene rings is 1. The summed E-state index contributed by atoms with van der Waals surface area (Å²) in [6.07, 6.45) is 0. The zero-order valence-electron chi connectivity index (χ0n) is 13.6. The molecule has 1 aromatic heterocycles. The first kappa shape index (κ1) is 16.4. The van der Waals surface area contributed by atoms with Crippen LogP contribution in [0.3, 0.4) is 0 Å². The normalized spacial score (nSPS) is 13.7. The molecule has 8 heteroatoms. The lowest BCUT2D eigenvalue weighted by Crippen LogP contribution is -2.42. The molecule has 2 N–H and O–H groups in total. The molecular weight excluding hydrogens is 326 g/mol. The minimum atomic E-state index is -0.0762. The second kappa shape index (κ2) is 6.96. The van der Waals surface area contributed by atoms with Gasteiger partial charge in [0.05, 0.1) is 13.1 Å². The van der Waals surface area contributed by atoms with Crippen molar-refractivity contribution in [2.45, 2.75) is 19.8 Å². The average Bonchev–Trinajstić information content (AvgIpc) is 3.25. The second-order valence-corrected chi connectivity index (χ2v) is 6.75. The molecule has 0 amide bonds. The van der Waals surface area contributed by atoms with Crippen LogP contribution in [-0.4, -0.2) is 46.7 Å². The maximum atomic E-state index is 12.6. The molecule has 0 fully saturated rings. The van der Waals surface area contributed by atoms with Gasteiger partial charge in [-0.3, -0.25) is 14.7 Å². The highest BCUT2D eigenvalue weighted by Crippen LogP contribution is 2.26. The Bertz CT molecular complexity index is 754. The predicted octanol–water partition coefficient (Wildman–Crippen LogP) is 2.02. The maximum Gasteiger partial charge on any atom is 0.215 e. The van der Waals surface area contributed by atoms with E-state index in [0.717, 1.165) is 11.6 Å². The first-order valence-electron chi connectivity index (χ1n) is 7.76. The molecule has 0 saturated heterocycles. The van der Waals surface area contributed by atoms with Gasteiger partial charge in [0.15, 0.2) is 5.78 Å². The number of aromatic nitrogens is 2. The van der Waals surface area contributed by atoms with Gasteiger partial charge in [0, 0.05) is 18.0 Å². The number of phenolic OH excluding ortho intramolecular Hbond substituents is 1. The molecule has 24 heavy (non-hydrogen) atoms. The number of nitrogens with zero attached hydrogens (tertiary/aromatic N) is 4. The first-order chi connectivity index (χ1) is 11.5. The fourth-order valence-corrected chi connectivity index (χ4v) is 3.10. The smallest absolute Gasteiger partial charge is 0.215 e. The number of aliphatic imine (C=N–C) groups is 1. The van der Waals surface area contributed by atoms with Gasteiger partial charge in [0.25, 0.3) is 0 Å². The number of carbonyl (C=O) groups is 1. The Labute approximate surface area is 144 Å². The lowest BCUT2D eigenvalue weighted by atomic mass is 10.1. The van der Waals surface area contributed by atoms with Gasteiger partial charge in [-0.15, -0.1) is 10.2 Å². The first-order valence-corrected chi connectivity index (χ1v) is 8.57. The summed E-state index contributed by atoms with van der Waals surface area (Å²) in [4.78, 5) is 18.8. The van der Waals surface area contributed by atoms with E-state index in [1.54, 1.807) is 17.0 Å². The van der Waals surface area contributed by atoms with Gasteiger partial charge in [-0.2, -0.15) is 0 Å². The van der Waals surface area contributed by atoms with Crippen molar-refractivity contribution in [2.24, 2.45) is 4.99 Å². The molecule has 126 valence electrons. The standard InChI is InChI=1S/C16H19N5O2S/c1-10(2)14-19-20-16(24-14)21(15-17-7-8-18-15)9-13(23)11-3-5-12(22)6-4-11/h3-6,10,22H,7-9H2,1-2H3,(H,17,18). The molecular formula is C16H19N5O2S. The number of phenols is 1. The van der Waals surface area contributed by atoms with E-state index in [0.29, 0.717) is 23.2 Å². The molecule has 0 bridgehead atoms. The van der Waals surface area contributed by atoms with Gasteiger partial charge in [-0.1, -0.05) is 25.2 Å². The van der Waals surface area contributed by atoms with Crippen molar-refractivity contribution in [3.63, 3.8) is 0 Å². The molecule has 2 heterocycles. The molecule has 0 unspecified atom stereocenters. The monoisotopic (exact) mass is 345 g/mol. The highest BCUT2D eigenvalue weighted by atomic mass is 32.1. The minimum Gasteiger partial charge on any atom is -0.508 e. The molecule has 0 spiro atoms. The van der Waals surface area contributed by atoms with E-state index in [2.05, 4.69) is 34.4 Å². The number of carbonyl (C=O) groups excluding carboxylic acids is 1. The van der Waals surface area contributed by atoms with E-state index in [1.807, 2.05) is 0 Å². The number of nitrogens with one attached hydrogen (secondary N) is 1. The zero-order chi connectivity index (χ0) is 17.1. The fraction of sp³-hybridized carbons (Fsp3) is 0.375. The van der Waals surface area contributed by atoms with E-state index in [1.165, 1.54) is 23.5 Å². The number of hydrogen-bond donors (Lipinski definition) is 2. The van der Waals surface area contributed by atoms with Crippen molar-refractivity contribution in [1.82, 2.24) is 15.5 Å².